The summed E-state index contributed by atoms with van der Waals surface area (Å²) in [5.74, 6) is 0.719. The van der Waals surface area contributed by atoms with Crippen LogP contribution in [-0.4, -0.2) is 5.11 Å². The lowest BCUT2D eigenvalue weighted by molar-refractivity contribution is 0.0691. The molecule has 1 N–H and O–H groups in total. The van der Waals surface area contributed by atoms with Crippen LogP contribution in [0.5, 0.6) is 0 Å². The summed E-state index contributed by atoms with van der Waals surface area (Å²) in [6.07, 6.45) is 7.59. The zero-order chi connectivity index (χ0) is 14.5. The van der Waals surface area contributed by atoms with Crippen LogP contribution in [0.3, 0.4) is 0 Å². The quantitative estimate of drug-likeness (QED) is 0.736. The van der Waals surface area contributed by atoms with Gasteiger partial charge in [0, 0.05) is 10.0 Å². The summed E-state index contributed by atoms with van der Waals surface area (Å²) in [5.41, 5.74) is 0.441. The predicted octanol–water partition coefficient (Wildman–Crippen LogP) is 5.62. The molecule has 112 valence electrons. The minimum atomic E-state index is -0.667. The standard InChI is InChI=1S/C17H24BrFO/c1-2-3-4-12-5-7-13(8-6-12)17(20)15-11-14(18)9-10-16(15)19/h9-13,17,20H,2-8H2,1H3. The molecule has 0 spiro atoms. The molecule has 1 aliphatic carbocycles. The van der Waals surface area contributed by atoms with E-state index in [-0.39, 0.29) is 11.7 Å². The van der Waals surface area contributed by atoms with Crippen molar-refractivity contribution in [2.75, 3.05) is 0 Å². The molecule has 3 heteroatoms. The second-order valence-electron chi connectivity index (χ2n) is 6.03. The Balaban J connectivity index is 1.94. The first-order valence-corrected chi connectivity index (χ1v) is 8.54. The third-order valence-electron chi connectivity index (χ3n) is 4.58. The maximum atomic E-state index is 13.8. The number of hydrogen-bond acceptors (Lipinski definition) is 1. The highest BCUT2D eigenvalue weighted by Crippen LogP contribution is 2.39. The molecule has 1 saturated carbocycles. The Morgan fingerprint density at radius 3 is 2.65 bits per heavy atom. The lowest BCUT2D eigenvalue weighted by Gasteiger charge is -2.32. The fourth-order valence-electron chi connectivity index (χ4n) is 3.28. The molecule has 1 unspecified atom stereocenters. The fraction of sp³-hybridized carbons (Fsp3) is 0.647. The molecule has 0 aromatic heterocycles. The molecule has 1 fully saturated rings. The van der Waals surface area contributed by atoms with Gasteiger partial charge in [-0.1, -0.05) is 55.0 Å². The third-order valence-corrected chi connectivity index (χ3v) is 5.07. The van der Waals surface area contributed by atoms with E-state index in [0.717, 1.165) is 23.2 Å². The van der Waals surface area contributed by atoms with Crippen molar-refractivity contribution in [3.05, 3.63) is 34.1 Å². The average Bonchev–Trinajstić information content (AvgIpc) is 2.47. The number of benzene rings is 1. The van der Waals surface area contributed by atoms with Crippen molar-refractivity contribution in [2.24, 2.45) is 11.8 Å². The van der Waals surface area contributed by atoms with Gasteiger partial charge in [0.2, 0.25) is 0 Å². The zero-order valence-corrected chi connectivity index (χ0v) is 13.7. The van der Waals surface area contributed by atoms with E-state index in [1.807, 2.05) is 0 Å². The molecule has 2 rings (SSSR count). The Kier molecular flexibility index (Phi) is 6.03. The van der Waals surface area contributed by atoms with Gasteiger partial charge in [-0.2, -0.15) is 0 Å². The molecule has 0 saturated heterocycles. The summed E-state index contributed by atoms with van der Waals surface area (Å²) in [6.45, 7) is 2.23. The van der Waals surface area contributed by atoms with Gasteiger partial charge in [-0.3, -0.25) is 0 Å². The Hall–Kier alpha value is -0.410. The van der Waals surface area contributed by atoms with E-state index in [1.54, 1.807) is 12.1 Å². The molecule has 1 atom stereocenters. The van der Waals surface area contributed by atoms with Crippen LogP contribution in [0.25, 0.3) is 0 Å². The number of rotatable bonds is 5. The first-order valence-electron chi connectivity index (χ1n) is 7.74. The summed E-state index contributed by atoms with van der Waals surface area (Å²) in [7, 11) is 0. The molecule has 1 aliphatic rings. The molecule has 0 bridgehead atoms. The van der Waals surface area contributed by atoms with E-state index in [4.69, 9.17) is 0 Å². The fourth-order valence-corrected chi connectivity index (χ4v) is 3.66. The summed E-state index contributed by atoms with van der Waals surface area (Å²) in [6, 6.07) is 4.81. The Morgan fingerprint density at radius 1 is 1.30 bits per heavy atom. The second kappa shape index (κ2) is 7.56. The van der Waals surface area contributed by atoms with Crippen LogP contribution in [0.4, 0.5) is 4.39 Å². The normalized spacial score (nSPS) is 24.6. The maximum Gasteiger partial charge on any atom is 0.129 e. The minimum Gasteiger partial charge on any atom is -0.388 e. The molecule has 0 heterocycles. The molecule has 1 aromatic rings. The van der Waals surface area contributed by atoms with Crippen LogP contribution >= 0.6 is 15.9 Å². The second-order valence-corrected chi connectivity index (χ2v) is 6.95. The van der Waals surface area contributed by atoms with Gasteiger partial charge in [0.25, 0.3) is 0 Å². The summed E-state index contributed by atoms with van der Waals surface area (Å²) >= 11 is 3.35. The van der Waals surface area contributed by atoms with Gasteiger partial charge >= 0.3 is 0 Å². The van der Waals surface area contributed by atoms with Crippen molar-refractivity contribution in [1.82, 2.24) is 0 Å². The van der Waals surface area contributed by atoms with Crippen LogP contribution in [0.2, 0.25) is 0 Å². The summed E-state index contributed by atoms with van der Waals surface area (Å²) in [4.78, 5) is 0. The van der Waals surface area contributed by atoms with Crippen molar-refractivity contribution in [3.63, 3.8) is 0 Å². The van der Waals surface area contributed by atoms with E-state index < -0.39 is 6.10 Å². The van der Waals surface area contributed by atoms with E-state index in [0.29, 0.717) is 5.56 Å². The van der Waals surface area contributed by atoms with Gasteiger partial charge in [0.05, 0.1) is 6.10 Å². The van der Waals surface area contributed by atoms with Gasteiger partial charge in [0.15, 0.2) is 0 Å². The van der Waals surface area contributed by atoms with Gasteiger partial charge in [0.1, 0.15) is 5.82 Å². The lowest BCUT2D eigenvalue weighted by atomic mass is 9.76. The van der Waals surface area contributed by atoms with Crippen molar-refractivity contribution in [1.29, 1.82) is 0 Å². The number of halogens is 2. The third kappa shape index (κ3) is 4.05. The van der Waals surface area contributed by atoms with E-state index in [2.05, 4.69) is 22.9 Å². The SMILES string of the molecule is CCCCC1CCC(C(O)c2cc(Br)ccc2F)CC1. The Bertz CT molecular complexity index is 427. The molecule has 1 aromatic carbocycles. The highest BCUT2D eigenvalue weighted by molar-refractivity contribution is 9.10. The smallest absolute Gasteiger partial charge is 0.129 e. The maximum absolute atomic E-state index is 13.8. The lowest BCUT2D eigenvalue weighted by Crippen LogP contribution is -2.21. The molecular formula is C17H24BrFO. The number of hydrogen-bond donors (Lipinski definition) is 1. The van der Waals surface area contributed by atoms with E-state index in [9.17, 15) is 9.50 Å². The molecule has 0 radical (unpaired) electrons. The van der Waals surface area contributed by atoms with Crippen LogP contribution < -0.4 is 0 Å². The minimum absolute atomic E-state index is 0.205. The van der Waals surface area contributed by atoms with Gasteiger partial charge in [-0.25, -0.2) is 4.39 Å². The zero-order valence-electron chi connectivity index (χ0n) is 12.1. The highest BCUT2D eigenvalue weighted by atomic mass is 79.9. The predicted molar refractivity (Wildman–Crippen MR) is 84.0 cm³/mol. The van der Waals surface area contributed by atoms with Crippen molar-refractivity contribution in [2.45, 2.75) is 58.0 Å². The van der Waals surface area contributed by atoms with Crippen LogP contribution in [0.1, 0.15) is 63.5 Å². The average molecular weight is 343 g/mol. The molecular weight excluding hydrogens is 319 g/mol. The monoisotopic (exact) mass is 342 g/mol. The Labute approximate surface area is 129 Å². The number of unbranched alkanes of at least 4 members (excludes halogenated alkanes) is 1. The molecule has 0 aliphatic heterocycles. The van der Waals surface area contributed by atoms with Crippen molar-refractivity contribution in [3.8, 4) is 0 Å². The van der Waals surface area contributed by atoms with Gasteiger partial charge < -0.3 is 5.11 Å². The van der Waals surface area contributed by atoms with Crippen LogP contribution in [-0.2, 0) is 0 Å². The van der Waals surface area contributed by atoms with Gasteiger partial charge in [-0.05, 0) is 42.9 Å². The Morgan fingerprint density at radius 2 is 2.00 bits per heavy atom. The number of aliphatic hydroxyl groups is 1. The summed E-state index contributed by atoms with van der Waals surface area (Å²) in [5, 5.41) is 10.5. The van der Waals surface area contributed by atoms with E-state index in [1.165, 1.54) is 38.2 Å². The van der Waals surface area contributed by atoms with Crippen molar-refractivity contribution < 1.29 is 9.50 Å². The molecule has 0 amide bonds. The van der Waals surface area contributed by atoms with Gasteiger partial charge in [-0.15, -0.1) is 0 Å². The van der Waals surface area contributed by atoms with E-state index >= 15 is 0 Å². The van der Waals surface area contributed by atoms with Crippen LogP contribution in [0, 0.1) is 17.7 Å². The number of aliphatic hydroxyl groups excluding tert-OH is 1. The summed E-state index contributed by atoms with van der Waals surface area (Å²) < 4.78 is 14.7. The first-order chi connectivity index (χ1) is 9.61. The van der Waals surface area contributed by atoms with Crippen LogP contribution in [0.15, 0.2) is 22.7 Å². The largest absolute Gasteiger partial charge is 0.388 e. The topological polar surface area (TPSA) is 20.2 Å². The first kappa shape index (κ1) is 16.0. The molecule has 20 heavy (non-hydrogen) atoms. The molecule has 1 nitrogen and oxygen atoms in total. The van der Waals surface area contributed by atoms with Crippen molar-refractivity contribution >= 4 is 15.9 Å². The highest BCUT2D eigenvalue weighted by Gasteiger charge is 2.28.